The normalized spacial score (nSPS) is 13.6. The molecule has 0 fully saturated rings. The quantitative estimate of drug-likeness (QED) is 0.0695. The van der Waals surface area contributed by atoms with E-state index in [0.717, 1.165) is 0 Å². The molecule has 23 heteroatoms. The zero-order chi connectivity index (χ0) is 43.9. The average molecular weight is 917 g/mol. The highest BCUT2D eigenvalue weighted by molar-refractivity contribution is 6.61. The number of ether oxygens (including phenoxy) is 6. The Kier molecular flexibility index (Phi) is 32.8. The van der Waals surface area contributed by atoms with Crippen LogP contribution in [-0.4, -0.2) is 212 Å². The molecule has 0 spiro atoms. The van der Waals surface area contributed by atoms with Gasteiger partial charge in [-0.05, 0) is 25.7 Å². The Hall–Kier alpha value is 0.108. The van der Waals surface area contributed by atoms with Gasteiger partial charge in [-0.25, -0.2) is 0 Å². The standard InChI is InChI=1S/C35H80O19Si4/c1-37-27-35(31-52-20-16-24-57(44-8,45-9)46-10,32-53-21-17-25-58(47-11,48-12)49-13)33-54-30-34(26-36,28-50-18-14-22-55(38-2,39-3)40-4)29-51-19-15-23-56(41-5,42-6)43-7/h36H,14-33H2,1-13H3. The first-order valence-corrected chi connectivity index (χ1v) is 27.2. The van der Waals surface area contributed by atoms with Crippen molar-refractivity contribution in [1.29, 1.82) is 0 Å². The monoisotopic (exact) mass is 916 g/mol. The highest BCUT2D eigenvalue weighted by Crippen LogP contribution is 2.27. The summed E-state index contributed by atoms with van der Waals surface area (Å²) in [5.41, 5.74) is -1.61. The third kappa shape index (κ3) is 20.5. The van der Waals surface area contributed by atoms with Crippen LogP contribution >= 0.6 is 0 Å². The van der Waals surface area contributed by atoms with E-state index in [0.29, 0.717) is 76.3 Å². The van der Waals surface area contributed by atoms with E-state index in [2.05, 4.69) is 0 Å². The van der Waals surface area contributed by atoms with Gasteiger partial charge in [0.25, 0.3) is 0 Å². The summed E-state index contributed by atoms with van der Waals surface area (Å²) < 4.78 is 104. The molecule has 0 amide bonds. The van der Waals surface area contributed by atoms with Gasteiger partial charge in [-0.2, -0.15) is 0 Å². The molecule has 350 valence electrons. The Bertz CT molecular complexity index is 869. The molecule has 58 heavy (non-hydrogen) atoms. The summed E-state index contributed by atoms with van der Waals surface area (Å²) in [6.45, 7) is 2.78. The largest absolute Gasteiger partial charge is 0.500 e. The SMILES string of the molecule is COCC(COCCC[Si](OC)(OC)OC)(COCCC[Si](OC)(OC)OC)COCC(CO)(COCCC[Si](OC)(OC)OC)COCCC[Si](OC)(OC)OC. The van der Waals surface area contributed by atoms with Crippen LogP contribution < -0.4 is 0 Å². The fourth-order valence-electron chi connectivity index (χ4n) is 6.24. The van der Waals surface area contributed by atoms with Crippen LogP contribution in [0, 0.1) is 10.8 Å². The van der Waals surface area contributed by atoms with E-state index < -0.39 is 46.0 Å². The molecule has 0 aromatic carbocycles. The zero-order valence-corrected chi connectivity index (χ0v) is 41.9. The van der Waals surface area contributed by atoms with Crippen molar-refractivity contribution in [2.75, 3.05) is 172 Å². The minimum Gasteiger partial charge on any atom is -0.396 e. The molecule has 0 radical (unpaired) electrons. The number of methoxy groups -OCH3 is 1. The summed E-state index contributed by atoms with van der Waals surface area (Å²) in [6, 6.07) is 2.30. The molecule has 0 saturated heterocycles. The van der Waals surface area contributed by atoms with E-state index in [1.54, 1.807) is 92.4 Å². The van der Waals surface area contributed by atoms with Crippen LogP contribution in [0.3, 0.4) is 0 Å². The van der Waals surface area contributed by atoms with Gasteiger partial charge in [-0.3, -0.25) is 0 Å². The lowest BCUT2D eigenvalue weighted by molar-refractivity contribution is -0.134. The highest BCUT2D eigenvalue weighted by atomic mass is 28.4. The minimum atomic E-state index is -2.77. The Labute approximate surface area is 353 Å². The summed E-state index contributed by atoms with van der Waals surface area (Å²) in [4.78, 5) is 0. The Morgan fingerprint density at radius 2 is 0.534 bits per heavy atom. The summed E-state index contributed by atoms with van der Waals surface area (Å²) in [5.74, 6) is 0. The third-order valence-corrected chi connectivity index (χ3v) is 21.4. The van der Waals surface area contributed by atoms with Gasteiger partial charge in [-0.15, -0.1) is 0 Å². The summed E-state index contributed by atoms with van der Waals surface area (Å²) >= 11 is 0. The van der Waals surface area contributed by atoms with Crippen LogP contribution in [0.4, 0.5) is 0 Å². The van der Waals surface area contributed by atoms with Crippen molar-refractivity contribution in [2.24, 2.45) is 10.8 Å². The predicted molar refractivity (Wildman–Crippen MR) is 223 cm³/mol. The van der Waals surface area contributed by atoms with E-state index in [1.165, 1.54) is 0 Å². The highest BCUT2D eigenvalue weighted by Gasteiger charge is 2.41. The van der Waals surface area contributed by atoms with Gasteiger partial charge in [-0.1, -0.05) is 0 Å². The Morgan fingerprint density at radius 3 is 0.759 bits per heavy atom. The maximum Gasteiger partial charge on any atom is 0.500 e. The van der Waals surface area contributed by atoms with Crippen LogP contribution in [0.1, 0.15) is 25.7 Å². The second-order valence-electron chi connectivity index (χ2n) is 13.9. The second kappa shape index (κ2) is 32.7. The summed E-state index contributed by atoms with van der Waals surface area (Å²) in [6.07, 6.45) is 2.55. The smallest absolute Gasteiger partial charge is 0.396 e. The molecule has 0 aromatic heterocycles. The van der Waals surface area contributed by atoms with Gasteiger partial charge in [0, 0.05) is 143 Å². The van der Waals surface area contributed by atoms with Crippen molar-refractivity contribution in [3.8, 4) is 0 Å². The van der Waals surface area contributed by atoms with E-state index in [4.69, 9.17) is 81.5 Å². The van der Waals surface area contributed by atoms with Crippen molar-refractivity contribution in [3.05, 3.63) is 0 Å². The fourth-order valence-corrected chi connectivity index (χ4v) is 13.0. The maximum atomic E-state index is 10.9. The van der Waals surface area contributed by atoms with E-state index in [9.17, 15) is 5.11 Å². The van der Waals surface area contributed by atoms with Gasteiger partial charge < -0.3 is 86.6 Å². The van der Waals surface area contributed by atoms with Crippen LogP contribution in [-0.2, 0) is 81.5 Å². The average Bonchev–Trinajstić information content (AvgIpc) is 3.26. The molecule has 0 bridgehead atoms. The Morgan fingerprint density at radius 1 is 0.310 bits per heavy atom. The van der Waals surface area contributed by atoms with Gasteiger partial charge in [0.05, 0.1) is 63.7 Å². The second-order valence-corrected chi connectivity index (χ2v) is 26.3. The van der Waals surface area contributed by atoms with Crippen molar-refractivity contribution < 1.29 is 86.6 Å². The summed E-state index contributed by atoms with van der Waals surface area (Å²) in [5, 5.41) is 10.9. The lowest BCUT2D eigenvalue weighted by Crippen LogP contribution is -2.46. The van der Waals surface area contributed by atoms with E-state index in [1.807, 2.05) is 0 Å². The molecule has 0 rings (SSSR count). The van der Waals surface area contributed by atoms with Crippen molar-refractivity contribution >= 4 is 35.2 Å². The first-order chi connectivity index (χ1) is 27.9. The molecule has 1 N–H and O–H groups in total. The molecule has 0 atom stereocenters. The number of hydrogen-bond acceptors (Lipinski definition) is 19. The first-order valence-electron chi connectivity index (χ1n) is 19.5. The minimum absolute atomic E-state index is 0.113. The molecule has 0 unspecified atom stereocenters. The lowest BCUT2D eigenvalue weighted by Gasteiger charge is -2.36. The van der Waals surface area contributed by atoms with Crippen molar-refractivity contribution in [2.45, 2.75) is 49.9 Å². The molecule has 0 aromatic rings. The van der Waals surface area contributed by atoms with Gasteiger partial charge in [0.1, 0.15) is 0 Å². The molecule has 0 aliphatic carbocycles. The van der Waals surface area contributed by atoms with Crippen LogP contribution in [0.25, 0.3) is 0 Å². The summed E-state index contributed by atoms with van der Waals surface area (Å²) in [7, 11) is 9.59. The lowest BCUT2D eigenvalue weighted by atomic mass is 9.90. The fraction of sp³-hybridized carbons (Fsp3) is 1.00. The molecule has 0 aliphatic heterocycles. The zero-order valence-electron chi connectivity index (χ0n) is 37.9. The molecule has 0 saturated carbocycles. The first kappa shape index (κ1) is 58.1. The molecule has 0 aliphatic rings. The predicted octanol–water partition coefficient (Wildman–Crippen LogP) is 2.75. The van der Waals surface area contributed by atoms with E-state index >= 15 is 0 Å². The number of rotatable bonds is 43. The van der Waals surface area contributed by atoms with E-state index in [-0.39, 0.29) is 52.9 Å². The number of aliphatic hydroxyl groups is 1. The van der Waals surface area contributed by atoms with Gasteiger partial charge in [0.2, 0.25) is 0 Å². The van der Waals surface area contributed by atoms with Crippen LogP contribution in [0.5, 0.6) is 0 Å². The molecular weight excluding hydrogens is 837 g/mol. The Balaban J connectivity index is 6.03. The van der Waals surface area contributed by atoms with Gasteiger partial charge >= 0.3 is 35.2 Å². The van der Waals surface area contributed by atoms with Crippen LogP contribution in [0.2, 0.25) is 24.2 Å². The van der Waals surface area contributed by atoms with Gasteiger partial charge in [0.15, 0.2) is 0 Å². The number of hydrogen-bond donors (Lipinski definition) is 1. The van der Waals surface area contributed by atoms with Crippen molar-refractivity contribution in [1.82, 2.24) is 0 Å². The maximum absolute atomic E-state index is 10.9. The molecule has 0 heterocycles. The molecule has 19 nitrogen and oxygen atoms in total. The van der Waals surface area contributed by atoms with Crippen LogP contribution in [0.15, 0.2) is 0 Å². The number of aliphatic hydroxyl groups excluding tert-OH is 1. The topological polar surface area (TPSA) is 186 Å². The van der Waals surface area contributed by atoms with Crippen molar-refractivity contribution in [3.63, 3.8) is 0 Å². The molecular formula is C35H80O19Si4. The third-order valence-electron chi connectivity index (χ3n) is 10.1.